The van der Waals surface area contributed by atoms with E-state index in [-0.39, 0.29) is 17.8 Å². The number of aromatic amines is 1. The van der Waals surface area contributed by atoms with Crippen LogP contribution < -0.4 is 0 Å². The molecule has 2 rings (SSSR count). The molecule has 0 aliphatic heterocycles. The van der Waals surface area contributed by atoms with Gasteiger partial charge in [0.1, 0.15) is 5.82 Å². The first kappa shape index (κ1) is 10.1. The first-order valence-corrected chi connectivity index (χ1v) is 5.25. The van der Waals surface area contributed by atoms with Gasteiger partial charge in [-0.2, -0.15) is 0 Å². The lowest BCUT2D eigenvalue weighted by molar-refractivity contribution is 0.0715. The highest BCUT2D eigenvalue weighted by Gasteiger charge is 2.33. The predicted octanol–water partition coefficient (Wildman–Crippen LogP) is 0.984. The lowest BCUT2D eigenvalue weighted by Crippen LogP contribution is -2.37. The van der Waals surface area contributed by atoms with Gasteiger partial charge in [-0.15, -0.1) is 5.10 Å². The second-order valence-electron chi connectivity index (χ2n) is 4.24. The van der Waals surface area contributed by atoms with Gasteiger partial charge in [-0.1, -0.05) is 0 Å². The minimum Gasteiger partial charge on any atom is -0.336 e. The summed E-state index contributed by atoms with van der Waals surface area (Å²) in [6.07, 6.45) is 2.46. The van der Waals surface area contributed by atoms with E-state index in [1.165, 1.54) is 12.8 Å². The van der Waals surface area contributed by atoms with Gasteiger partial charge in [-0.25, -0.2) is 4.98 Å². The Morgan fingerprint density at radius 1 is 1.60 bits per heavy atom. The zero-order valence-corrected chi connectivity index (χ0v) is 9.32. The van der Waals surface area contributed by atoms with Crippen molar-refractivity contribution < 1.29 is 4.79 Å². The highest BCUT2D eigenvalue weighted by Crippen LogP contribution is 2.34. The van der Waals surface area contributed by atoms with Crippen molar-refractivity contribution in [3.8, 4) is 0 Å². The van der Waals surface area contributed by atoms with Gasteiger partial charge in [0.15, 0.2) is 0 Å². The maximum atomic E-state index is 11.9. The molecule has 0 saturated heterocycles. The maximum absolute atomic E-state index is 11.9. The number of aryl methyl sites for hydroxylation is 1. The number of nitrogens with zero attached hydrogens (tertiary/aromatic N) is 3. The standard InChI is InChI=1S/C10H16N4O/c1-6(8-4-5-8)14(3)10(15)9-11-7(2)12-13-9/h6,8H,4-5H2,1-3H3,(H,11,12,13). The molecular weight excluding hydrogens is 192 g/mol. The second kappa shape index (κ2) is 3.64. The number of rotatable bonds is 3. The van der Waals surface area contributed by atoms with Crippen LogP contribution >= 0.6 is 0 Å². The molecule has 1 heterocycles. The van der Waals surface area contributed by atoms with Gasteiger partial charge in [0, 0.05) is 13.1 Å². The summed E-state index contributed by atoms with van der Waals surface area (Å²) in [6, 6.07) is 0.288. The number of nitrogens with one attached hydrogen (secondary N) is 1. The number of amides is 1. The molecule has 0 aromatic carbocycles. The number of carbonyl (C=O) groups is 1. The zero-order valence-electron chi connectivity index (χ0n) is 9.32. The molecule has 1 aliphatic rings. The molecule has 1 aromatic heterocycles. The summed E-state index contributed by atoms with van der Waals surface area (Å²) >= 11 is 0. The maximum Gasteiger partial charge on any atom is 0.293 e. The largest absolute Gasteiger partial charge is 0.336 e. The molecule has 5 heteroatoms. The van der Waals surface area contributed by atoms with Gasteiger partial charge in [0.2, 0.25) is 5.82 Å². The van der Waals surface area contributed by atoms with E-state index in [0.717, 1.165) is 0 Å². The molecule has 1 amide bonds. The number of carbonyl (C=O) groups excluding carboxylic acids is 1. The van der Waals surface area contributed by atoms with Gasteiger partial charge in [0.05, 0.1) is 0 Å². The Balaban J connectivity index is 2.06. The van der Waals surface area contributed by atoms with E-state index in [1.807, 2.05) is 7.05 Å². The van der Waals surface area contributed by atoms with Gasteiger partial charge >= 0.3 is 0 Å². The summed E-state index contributed by atoms with van der Waals surface area (Å²) in [5, 5.41) is 6.55. The Hall–Kier alpha value is -1.39. The average molecular weight is 208 g/mol. The van der Waals surface area contributed by atoms with Gasteiger partial charge in [-0.05, 0) is 32.6 Å². The number of aromatic nitrogens is 3. The Labute approximate surface area is 88.9 Å². The minimum absolute atomic E-state index is 0.0984. The normalized spacial score (nSPS) is 17.5. The van der Waals surface area contributed by atoms with Crippen LogP contribution in [0.3, 0.4) is 0 Å². The van der Waals surface area contributed by atoms with Crippen molar-refractivity contribution in [2.75, 3.05) is 7.05 Å². The summed E-state index contributed by atoms with van der Waals surface area (Å²) < 4.78 is 0. The van der Waals surface area contributed by atoms with Crippen LogP contribution in [0.1, 0.15) is 36.2 Å². The van der Waals surface area contributed by atoms with E-state index >= 15 is 0 Å². The molecular formula is C10H16N4O. The third kappa shape index (κ3) is 2.00. The molecule has 1 unspecified atom stereocenters. The van der Waals surface area contributed by atoms with Crippen molar-refractivity contribution in [2.24, 2.45) is 5.92 Å². The van der Waals surface area contributed by atoms with E-state index in [4.69, 9.17) is 0 Å². The van der Waals surface area contributed by atoms with Crippen molar-refractivity contribution in [1.82, 2.24) is 20.1 Å². The Morgan fingerprint density at radius 3 is 2.73 bits per heavy atom. The molecule has 0 spiro atoms. The van der Waals surface area contributed by atoms with E-state index in [9.17, 15) is 4.79 Å². The van der Waals surface area contributed by atoms with E-state index in [0.29, 0.717) is 11.7 Å². The molecule has 5 nitrogen and oxygen atoms in total. The van der Waals surface area contributed by atoms with Crippen molar-refractivity contribution in [2.45, 2.75) is 32.7 Å². The summed E-state index contributed by atoms with van der Waals surface area (Å²) in [6.45, 7) is 3.86. The molecule has 1 aromatic rings. The van der Waals surface area contributed by atoms with Crippen LogP contribution in [-0.2, 0) is 0 Å². The Bertz CT molecular complexity index is 369. The molecule has 82 valence electrons. The third-order valence-electron chi connectivity index (χ3n) is 3.02. The first-order valence-electron chi connectivity index (χ1n) is 5.25. The quantitative estimate of drug-likeness (QED) is 0.805. The van der Waals surface area contributed by atoms with Crippen molar-refractivity contribution in [3.05, 3.63) is 11.6 Å². The van der Waals surface area contributed by atoms with E-state index in [2.05, 4.69) is 22.1 Å². The fourth-order valence-corrected chi connectivity index (χ4v) is 1.68. The molecule has 1 atom stereocenters. The summed E-state index contributed by atoms with van der Waals surface area (Å²) in [7, 11) is 1.82. The number of hydrogen-bond acceptors (Lipinski definition) is 3. The number of H-pyrrole nitrogens is 1. The SMILES string of the molecule is Cc1nc(C(=O)N(C)C(C)C2CC2)n[nH]1. The van der Waals surface area contributed by atoms with Crippen LogP contribution in [0, 0.1) is 12.8 Å². The fraction of sp³-hybridized carbons (Fsp3) is 0.700. The Morgan fingerprint density at radius 2 is 2.27 bits per heavy atom. The van der Waals surface area contributed by atoms with Crippen LogP contribution in [0.2, 0.25) is 0 Å². The highest BCUT2D eigenvalue weighted by atomic mass is 16.2. The van der Waals surface area contributed by atoms with Crippen molar-refractivity contribution in [1.29, 1.82) is 0 Å². The van der Waals surface area contributed by atoms with Crippen LogP contribution in [0.15, 0.2) is 0 Å². The predicted molar refractivity (Wildman–Crippen MR) is 55.4 cm³/mol. The molecule has 0 bridgehead atoms. The monoisotopic (exact) mass is 208 g/mol. The zero-order chi connectivity index (χ0) is 11.0. The lowest BCUT2D eigenvalue weighted by Gasteiger charge is -2.23. The van der Waals surface area contributed by atoms with Gasteiger partial charge in [-0.3, -0.25) is 9.89 Å². The average Bonchev–Trinajstić information content (AvgIpc) is 2.98. The molecule has 0 radical (unpaired) electrons. The summed E-state index contributed by atoms with van der Waals surface area (Å²) in [5.74, 6) is 1.51. The third-order valence-corrected chi connectivity index (χ3v) is 3.02. The fourth-order valence-electron chi connectivity index (χ4n) is 1.68. The van der Waals surface area contributed by atoms with Crippen LogP contribution in [-0.4, -0.2) is 39.1 Å². The van der Waals surface area contributed by atoms with Crippen molar-refractivity contribution in [3.63, 3.8) is 0 Å². The first-order chi connectivity index (χ1) is 7.09. The molecule has 1 aliphatic carbocycles. The summed E-state index contributed by atoms with van der Waals surface area (Å²) in [5.41, 5.74) is 0. The Kier molecular flexibility index (Phi) is 2.46. The smallest absolute Gasteiger partial charge is 0.293 e. The highest BCUT2D eigenvalue weighted by molar-refractivity contribution is 5.90. The molecule has 15 heavy (non-hydrogen) atoms. The molecule has 1 N–H and O–H groups in total. The second-order valence-corrected chi connectivity index (χ2v) is 4.24. The lowest BCUT2D eigenvalue weighted by atomic mass is 10.2. The van der Waals surface area contributed by atoms with Crippen LogP contribution in [0.5, 0.6) is 0 Å². The molecule has 1 fully saturated rings. The van der Waals surface area contributed by atoms with Gasteiger partial charge in [0.25, 0.3) is 5.91 Å². The molecule has 1 saturated carbocycles. The topological polar surface area (TPSA) is 61.9 Å². The van der Waals surface area contributed by atoms with Crippen molar-refractivity contribution >= 4 is 5.91 Å². The van der Waals surface area contributed by atoms with Crippen LogP contribution in [0.4, 0.5) is 0 Å². The minimum atomic E-state index is -0.0984. The van der Waals surface area contributed by atoms with Gasteiger partial charge < -0.3 is 4.90 Å². The van der Waals surface area contributed by atoms with Crippen LogP contribution in [0.25, 0.3) is 0 Å². The van der Waals surface area contributed by atoms with E-state index in [1.54, 1.807) is 11.8 Å². The summed E-state index contributed by atoms with van der Waals surface area (Å²) in [4.78, 5) is 17.7. The number of hydrogen-bond donors (Lipinski definition) is 1. The van der Waals surface area contributed by atoms with E-state index < -0.39 is 0 Å².